The molecular weight excluding hydrogens is 625 g/mol. The lowest BCUT2D eigenvalue weighted by Crippen LogP contribution is -2.45. The Hall–Kier alpha value is -3.56. The molecule has 5 rings (SSSR count). The van der Waals surface area contributed by atoms with Crippen LogP contribution in [0.3, 0.4) is 0 Å². The molecule has 2 saturated heterocycles. The second-order valence-corrected chi connectivity index (χ2v) is 13.8. The van der Waals surface area contributed by atoms with Crippen LogP contribution in [0.2, 0.25) is 5.02 Å². The number of benzene rings is 3. The summed E-state index contributed by atoms with van der Waals surface area (Å²) in [4.78, 5) is 34.9. The molecule has 252 valence electrons. The van der Waals surface area contributed by atoms with Crippen LogP contribution in [0, 0.1) is 0 Å². The van der Waals surface area contributed by atoms with E-state index in [4.69, 9.17) is 11.6 Å². The van der Waals surface area contributed by atoms with E-state index >= 15 is 0 Å². The summed E-state index contributed by atoms with van der Waals surface area (Å²) in [6.07, 6.45) is -1.74. The highest BCUT2D eigenvalue weighted by Gasteiger charge is 2.37. The number of halogens is 4. The van der Waals surface area contributed by atoms with E-state index in [1.54, 1.807) is 36.2 Å². The van der Waals surface area contributed by atoms with Gasteiger partial charge < -0.3 is 14.7 Å². The topological polar surface area (TPSA) is 47.1 Å². The van der Waals surface area contributed by atoms with Gasteiger partial charge in [0.15, 0.2) is 0 Å². The molecule has 0 saturated carbocycles. The highest BCUT2D eigenvalue weighted by molar-refractivity contribution is 6.30. The molecule has 10 heteroatoms. The first-order chi connectivity index (χ1) is 22.3. The van der Waals surface area contributed by atoms with Gasteiger partial charge in [0, 0.05) is 49.9 Å². The number of urea groups is 1. The fraction of sp³-hybridized carbons (Fsp3) is 0.459. The summed E-state index contributed by atoms with van der Waals surface area (Å²) in [5.41, 5.74) is 2.44. The SMILES string of the molecule is CCN(CCC(C)(C)c1ccc(Cl)cc1)[C@@H]1CCN(C(=O)N2CC[C@H](N(C)C(=O)c3ccc(-c4ccc(C(F)(F)F)cc4)cc3)C2)C1. The normalized spacial score (nSPS) is 18.7. The lowest BCUT2D eigenvalue weighted by atomic mass is 9.81. The smallest absolute Gasteiger partial charge is 0.337 e. The maximum Gasteiger partial charge on any atom is 0.416 e. The van der Waals surface area contributed by atoms with Crippen molar-refractivity contribution in [3.05, 3.63) is 94.5 Å². The van der Waals surface area contributed by atoms with Gasteiger partial charge in [-0.05, 0) is 90.9 Å². The number of rotatable bonds is 9. The molecule has 2 aliphatic heterocycles. The molecule has 0 N–H and O–H groups in total. The molecule has 0 aliphatic carbocycles. The fourth-order valence-corrected chi connectivity index (χ4v) is 6.87. The molecule has 0 aromatic heterocycles. The molecule has 0 bridgehead atoms. The summed E-state index contributed by atoms with van der Waals surface area (Å²) >= 11 is 6.10. The van der Waals surface area contributed by atoms with E-state index in [-0.39, 0.29) is 23.4 Å². The van der Waals surface area contributed by atoms with Gasteiger partial charge in [0.1, 0.15) is 0 Å². The highest BCUT2D eigenvalue weighted by atomic mass is 35.5. The molecule has 2 heterocycles. The first-order valence-electron chi connectivity index (χ1n) is 16.4. The van der Waals surface area contributed by atoms with Gasteiger partial charge >= 0.3 is 12.2 Å². The lowest BCUT2D eigenvalue weighted by molar-refractivity contribution is -0.137. The maximum absolute atomic E-state index is 13.5. The standard InChI is InChI=1S/C37H44ClF3N4O2/c1-5-43(23-20-36(2,3)29-14-16-31(38)17-15-29)33-19-22-45(25-33)35(47)44-21-18-32(24-44)42(4)34(46)28-8-6-26(7-9-28)27-10-12-30(13-11-27)37(39,40)41/h6-17,32-33H,5,18-25H2,1-4H3/t32-,33+/m0/s1. The Bertz CT molecular complexity index is 1530. The van der Waals surface area contributed by atoms with Gasteiger partial charge in [-0.2, -0.15) is 13.2 Å². The third-order valence-corrected chi connectivity index (χ3v) is 10.2. The van der Waals surface area contributed by atoms with E-state index in [2.05, 4.69) is 37.8 Å². The molecule has 0 spiro atoms. The number of carbonyl (C=O) groups is 2. The van der Waals surface area contributed by atoms with Crippen LogP contribution in [0.5, 0.6) is 0 Å². The van der Waals surface area contributed by atoms with Crippen LogP contribution in [0.15, 0.2) is 72.8 Å². The first-order valence-corrected chi connectivity index (χ1v) is 16.7. The number of carbonyl (C=O) groups excluding carboxylic acids is 2. The van der Waals surface area contributed by atoms with Crippen molar-refractivity contribution in [1.29, 1.82) is 0 Å². The second kappa shape index (κ2) is 14.3. The van der Waals surface area contributed by atoms with Crippen LogP contribution >= 0.6 is 11.6 Å². The van der Waals surface area contributed by atoms with Gasteiger partial charge in [0.25, 0.3) is 5.91 Å². The van der Waals surface area contributed by atoms with E-state index in [0.717, 1.165) is 55.2 Å². The predicted molar refractivity (Wildman–Crippen MR) is 181 cm³/mol. The Kier molecular flexibility index (Phi) is 10.6. The van der Waals surface area contributed by atoms with Crippen molar-refractivity contribution in [3.63, 3.8) is 0 Å². The Balaban J connectivity index is 1.12. The zero-order chi connectivity index (χ0) is 33.9. The van der Waals surface area contributed by atoms with E-state index in [9.17, 15) is 22.8 Å². The van der Waals surface area contributed by atoms with Crippen LogP contribution in [-0.4, -0.2) is 89.9 Å². The van der Waals surface area contributed by atoms with E-state index < -0.39 is 11.7 Å². The molecule has 2 fully saturated rings. The molecule has 47 heavy (non-hydrogen) atoms. The maximum atomic E-state index is 13.5. The third kappa shape index (κ3) is 8.12. The van der Waals surface area contributed by atoms with Crippen LogP contribution in [0.1, 0.15) is 61.5 Å². The average Bonchev–Trinajstić information content (AvgIpc) is 3.75. The van der Waals surface area contributed by atoms with Gasteiger partial charge in [-0.15, -0.1) is 0 Å². The quantitative estimate of drug-likeness (QED) is 0.232. The molecule has 3 aromatic carbocycles. The van der Waals surface area contributed by atoms with Crippen LogP contribution in [0.4, 0.5) is 18.0 Å². The Labute approximate surface area is 281 Å². The molecule has 6 nitrogen and oxygen atoms in total. The molecular formula is C37H44ClF3N4O2. The lowest BCUT2D eigenvalue weighted by Gasteiger charge is -2.33. The summed E-state index contributed by atoms with van der Waals surface area (Å²) in [5, 5.41) is 0.741. The summed E-state index contributed by atoms with van der Waals surface area (Å²) in [5.74, 6) is -0.149. The highest BCUT2D eigenvalue weighted by Crippen LogP contribution is 2.32. The molecule has 3 amide bonds. The van der Waals surface area contributed by atoms with Crippen molar-refractivity contribution in [2.75, 3.05) is 46.3 Å². The van der Waals surface area contributed by atoms with Crippen molar-refractivity contribution >= 4 is 23.5 Å². The third-order valence-electron chi connectivity index (χ3n) is 9.99. The van der Waals surface area contributed by atoms with Gasteiger partial charge in [-0.1, -0.05) is 68.8 Å². The van der Waals surface area contributed by atoms with Crippen molar-refractivity contribution in [3.8, 4) is 11.1 Å². The van der Waals surface area contributed by atoms with Crippen molar-refractivity contribution in [1.82, 2.24) is 19.6 Å². The zero-order valence-electron chi connectivity index (χ0n) is 27.6. The zero-order valence-corrected chi connectivity index (χ0v) is 28.3. The number of amides is 3. The Morgan fingerprint density at radius 3 is 1.87 bits per heavy atom. The molecule has 2 atom stereocenters. The Morgan fingerprint density at radius 2 is 1.32 bits per heavy atom. The monoisotopic (exact) mass is 668 g/mol. The fourth-order valence-electron chi connectivity index (χ4n) is 6.74. The summed E-state index contributed by atoms with van der Waals surface area (Å²) < 4.78 is 38.7. The van der Waals surface area contributed by atoms with Crippen molar-refractivity contribution in [2.45, 2.75) is 63.7 Å². The molecule has 3 aromatic rings. The van der Waals surface area contributed by atoms with Crippen molar-refractivity contribution < 1.29 is 22.8 Å². The Morgan fingerprint density at radius 1 is 0.809 bits per heavy atom. The van der Waals surface area contributed by atoms with Gasteiger partial charge in [-0.3, -0.25) is 9.69 Å². The molecule has 2 aliphatic rings. The molecule has 0 radical (unpaired) electrons. The summed E-state index contributed by atoms with van der Waals surface area (Å²) in [6.45, 7) is 11.1. The summed E-state index contributed by atoms with van der Waals surface area (Å²) in [6, 6.07) is 20.2. The van der Waals surface area contributed by atoms with E-state index in [0.29, 0.717) is 43.2 Å². The number of likely N-dealkylation sites (tertiary alicyclic amines) is 2. The minimum absolute atomic E-state index is 0.00819. The number of hydrogen-bond donors (Lipinski definition) is 0. The number of nitrogens with zero attached hydrogens (tertiary/aromatic N) is 4. The first kappa shape index (κ1) is 34.8. The van der Waals surface area contributed by atoms with Gasteiger partial charge in [0.2, 0.25) is 0 Å². The van der Waals surface area contributed by atoms with Gasteiger partial charge in [0.05, 0.1) is 11.6 Å². The average molecular weight is 669 g/mol. The van der Waals surface area contributed by atoms with E-state index in [1.807, 2.05) is 21.9 Å². The summed E-state index contributed by atoms with van der Waals surface area (Å²) in [7, 11) is 1.77. The largest absolute Gasteiger partial charge is 0.416 e. The van der Waals surface area contributed by atoms with Crippen molar-refractivity contribution in [2.24, 2.45) is 0 Å². The van der Waals surface area contributed by atoms with Crippen LogP contribution in [0.25, 0.3) is 11.1 Å². The van der Waals surface area contributed by atoms with Crippen LogP contribution < -0.4 is 0 Å². The van der Waals surface area contributed by atoms with E-state index in [1.165, 1.54) is 17.7 Å². The molecule has 0 unspecified atom stereocenters. The number of likely N-dealkylation sites (N-methyl/N-ethyl adjacent to an activating group) is 2. The number of alkyl halides is 3. The van der Waals surface area contributed by atoms with Gasteiger partial charge in [-0.25, -0.2) is 4.79 Å². The second-order valence-electron chi connectivity index (χ2n) is 13.4. The minimum atomic E-state index is -4.39. The van der Waals surface area contributed by atoms with Crippen LogP contribution in [-0.2, 0) is 11.6 Å². The number of hydrogen-bond acceptors (Lipinski definition) is 3. The predicted octanol–water partition coefficient (Wildman–Crippen LogP) is 8.06. The minimum Gasteiger partial charge on any atom is -0.337 e.